The van der Waals surface area contributed by atoms with Crippen LogP contribution < -0.4 is 4.90 Å². The third kappa shape index (κ3) is 6.64. The van der Waals surface area contributed by atoms with E-state index in [0.29, 0.717) is 28.2 Å². The number of anilines is 1. The smallest absolute Gasteiger partial charge is 0.336 e. The molecule has 45 heavy (non-hydrogen) atoms. The number of nitrogens with zero attached hydrogens (tertiary/aromatic N) is 5. The van der Waals surface area contributed by atoms with Crippen molar-refractivity contribution in [3.63, 3.8) is 0 Å². The lowest BCUT2D eigenvalue weighted by Gasteiger charge is -2.33. The van der Waals surface area contributed by atoms with Crippen molar-refractivity contribution >= 4 is 17.6 Å². The SMILES string of the molecule is CN(C(=O)N(C)[C@@H]1CN(C(=O)c2ccc(-n3ccnc3)cc2)C[C@H]1c1ccc(F)cc1)c1cc(C(F)(F)F)cc(C(F)(F)F)c1. The van der Waals surface area contributed by atoms with E-state index in [-0.39, 0.29) is 25.1 Å². The van der Waals surface area contributed by atoms with Crippen LogP contribution in [-0.4, -0.2) is 64.5 Å². The molecule has 3 aromatic carbocycles. The first-order valence-corrected chi connectivity index (χ1v) is 13.6. The van der Waals surface area contributed by atoms with Crippen molar-refractivity contribution in [2.75, 3.05) is 32.1 Å². The molecule has 1 aliphatic heterocycles. The summed E-state index contributed by atoms with van der Waals surface area (Å²) in [5.74, 6) is -1.41. The molecule has 0 unspecified atom stereocenters. The Balaban J connectivity index is 1.43. The van der Waals surface area contributed by atoms with Crippen LogP contribution in [-0.2, 0) is 12.4 Å². The minimum atomic E-state index is -5.09. The number of hydrogen-bond acceptors (Lipinski definition) is 3. The zero-order valence-corrected chi connectivity index (χ0v) is 23.9. The lowest BCUT2D eigenvalue weighted by molar-refractivity contribution is -0.143. The molecule has 2 atom stereocenters. The van der Waals surface area contributed by atoms with E-state index in [1.165, 1.54) is 41.1 Å². The predicted molar refractivity (Wildman–Crippen MR) is 150 cm³/mol. The van der Waals surface area contributed by atoms with Crippen molar-refractivity contribution in [1.82, 2.24) is 19.4 Å². The lowest BCUT2D eigenvalue weighted by atomic mass is 9.93. The number of carbonyl (C=O) groups is 2. The highest BCUT2D eigenvalue weighted by molar-refractivity contribution is 5.95. The second-order valence-electron chi connectivity index (χ2n) is 10.7. The van der Waals surface area contributed by atoms with Gasteiger partial charge in [0.15, 0.2) is 0 Å². The summed E-state index contributed by atoms with van der Waals surface area (Å²) in [5.41, 5.74) is -2.02. The van der Waals surface area contributed by atoms with Gasteiger partial charge in [-0.25, -0.2) is 14.2 Å². The van der Waals surface area contributed by atoms with E-state index in [0.717, 1.165) is 12.7 Å². The molecule has 3 amide bonds. The van der Waals surface area contributed by atoms with Gasteiger partial charge in [-0.3, -0.25) is 9.69 Å². The summed E-state index contributed by atoms with van der Waals surface area (Å²) < 4.78 is 96.3. The zero-order valence-electron chi connectivity index (χ0n) is 23.9. The number of imidazole rings is 1. The molecule has 1 saturated heterocycles. The van der Waals surface area contributed by atoms with Crippen LogP contribution in [0.4, 0.5) is 41.2 Å². The van der Waals surface area contributed by atoms with Gasteiger partial charge in [0, 0.05) is 62.4 Å². The number of likely N-dealkylation sites (tertiary alicyclic amines) is 1. The Kier molecular flexibility index (Phi) is 8.34. The maximum atomic E-state index is 13.7. The van der Waals surface area contributed by atoms with Crippen LogP contribution in [0.5, 0.6) is 0 Å². The van der Waals surface area contributed by atoms with Gasteiger partial charge in [0.2, 0.25) is 0 Å². The maximum absolute atomic E-state index is 13.7. The number of alkyl halides is 6. The standard InChI is InChI=1S/C31H26F7N5O2/c1-40(25-14-21(30(33,34)35)13-22(15-25)31(36,37)38)29(45)41(2)27-17-43(16-26(27)19-3-7-23(32)8-4-19)28(44)20-5-9-24(10-6-20)42-12-11-39-18-42/h3-15,18,26-27H,16-17H2,1-2H3/t26-,27+/m0/s1. The Hall–Kier alpha value is -4.88. The molecule has 7 nitrogen and oxygen atoms in total. The number of likely N-dealkylation sites (N-methyl/N-ethyl adjacent to an activating group) is 1. The monoisotopic (exact) mass is 633 g/mol. The van der Waals surface area contributed by atoms with Gasteiger partial charge < -0.3 is 14.4 Å². The van der Waals surface area contributed by atoms with Crippen molar-refractivity contribution in [3.8, 4) is 5.69 Å². The minimum Gasteiger partial charge on any atom is -0.336 e. The predicted octanol–water partition coefficient (Wildman–Crippen LogP) is 6.85. The molecule has 0 saturated carbocycles. The van der Waals surface area contributed by atoms with Crippen molar-refractivity contribution in [1.29, 1.82) is 0 Å². The zero-order chi connectivity index (χ0) is 32.7. The van der Waals surface area contributed by atoms with Gasteiger partial charge in [-0.05, 0) is 60.2 Å². The molecule has 1 fully saturated rings. The Morgan fingerprint density at radius 1 is 0.844 bits per heavy atom. The average molecular weight is 634 g/mol. The Morgan fingerprint density at radius 2 is 1.44 bits per heavy atom. The molecule has 4 aromatic rings. The van der Waals surface area contributed by atoms with Crippen LogP contribution in [0.2, 0.25) is 0 Å². The van der Waals surface area contributed by atoms with Crippen LogP contribution in [0.1, 0.15) is 33.0 Å². The van der Waals surface area contributed by atoms with E-state index in [9.17, 15) is 40.3 Å². The summed E-state index contributed by atoms with van der Waals surface area (Å²) >= 11 is 0. The third-order valence-electron chi connectivity index (χ3n) is 7.84. The molecule has 0 N–H and O–H groups in total. The normalized spacial score (nSPS) is 17.0. The highest BCUT2D eigenvalue weighted by Crippen LogP contribution is 2.39. The molecule has 0 bridgehead atoms. The number of amides is 3. The van der Waals surface area contributed by atoms with Crippen molar-refractivity contribution in [2.24, 2.45) is 0 Å². The minimum absolute atomic E-state index is 0.00335. The third-order valence-corrected chi connectivity index (χ3v) is 7.84. The van der Waals surface area contributed by atoms with Gasteiger partial charge in [-0.1, -0.05) is 12.1 Å². The lowest BCUT2D eigenvalue weighted by Crippen LogP contribution is -2.47. The Labute approximate surface area is 253 Å². The number of halogens is 7. The topological polar surface area (TPSA) is 61.7 Å². The highest BCUT2D eigenvalue weighted by atomic mass is 19.4. The summed E-state index contributed by atoms with van der Waals surface area (Å²) in [6.07, 6.45) is -5.24. The second kappa shape index (κ2) is 11.9. The van der Waals surface area contributed by atoms with Crippen LogP contribution in [0.25, 0.3) is 5.69 Å². The number of aromatic nitrogens is 2. The van der Waals surface area contributed by atoms with Gasteiger partial charge in [0.25, 0.3) is 5.91 Å². The van der Waals surface area contributed by atoms with Crippen molar-refractivity contribution in [2.45, 2.75) is 24.3 Å². The number of urea groups is 1. The van der Waals surface area contributed by atoms with Crippen LogP contribution in [0, 0.1) is 5.82 Å². The molecular weight excluding hydrogens is 607 g/mol. The highest BCUT2D eigenvalue weighted by Gasteiger charge is 2.42. The average Bonchev–Trinajstić information content (AvgIpc) is 3.70. The van der Waals surface area contributed by atoms with Gasteiger partial charge in [0.1, 0.15) is 5.82 Å². The van der Waals surface area contributed by atoms with Gasteiger partial charge in [0.05, 0.1) is 23.5 Å². The quantitative estimate of drug-likeness (QED) is 0.226. The molecule has 0 aliphatic carbocycles. The van der Waals surface area contributed by atoms with E-state index in [2.05, 4.69) is 4.98 Å². The molecule has 2 heterocycles. The molecule has 236 valence electrons. The van der Waals surface area contributed by atoms with Gasteiger partial charge in [-0.2, -0.15) is 26.3 Å². The van der Waals surface area contributed by atoms with E-state index >= 15 is 0 Å². The number of benzene rings is 3. The molecule has 1 aromatic heterocycles. The first kappa shape index (κ1) is 31.5. The van der Waals surface area contributed by atoms with E-state index < -0.39 is 53.0 Å². The fourth-order valence-corrected chi connectivity index (χ4v) is 5.37. The van der Waals surface area contributed by atoms with E-state index in [1.807, 2.05) is 0 Å². The number of rotatable bonds is 5. The molecule has 1 aliphatic rings. The molecule has 14 heteroatoms. The van der Waals surface area contributed by atoms with Gasteiger partial charge >= 0.3 is 18.4 Å². The van der Waals surface area contributed by atoms with Gasteiger partial charge in [-0.15, -0.1) is 0 Å². The molecular formula is C31H26F7N5O2. The van der Waals surface area contributed by atoms with Crippen LogP contribution in [0.15, 0.2) is 85.5 Å². The molecule has 0 spiro atoms. The summed E-state index contributed by atoms with van der Waals surface area (Å²) in [5, 5.41) is 0. The summed E-state index contributed by atoms with van der Waals surface area (Å²) in [7, 11) is 2.42. The number of hydrogen-bond donors (Lipinski definition) is 0. The second-order valence-corrected chi connectivity index (χ2v) is 10.7. The van der Waals surface area contributed by atoms with E-state index in [1.54, 1.807) is 47.6 Å². The number of carbonyl (C=O) groups excluding carboxylic acids is 2. The summed E-state index contributed by atoms with van der Waals surface area (Å²) in [6.45, 7) is 0.109. The van der Waals surface area contributed by atoms with Crippen molar-refractivity contribution in [3.05, 3.63) is 114 Å². The Bertz CT molecular complexity index is 1640. The molecule has 0 radical (unpaired) electrons. The first-order valence-electron chi connectivity index (χ1n) is 13.6. The fraction of sp³-hybridized carbons (Fsp3) is 0.258. The first-order chi connectivity index (χ1) is 21.1. The summed E-state index contributed by atoms with van der Waals surface area (Å²) in [6, 6.07) is 11.4. The van der Waals surface area contributed by atoms with E-state index in [4.69, 9.17) is 0 Å². The van der Waals surface area contributed by atoms with Crippen molar-refractivity contribution < 1.29 is 40.3 Å². The summed E-state index contributed by atoms with van der Waals surface area (Å²) in [4.78, 5) is 34.5. The Morgan fingerprint density at radius 3 is 1.98 bits per heavy atom. The van der Waals surface area contributed by atoms with Crippen LogP contribution >= 0.6 is 0 Å². The maximum Gasteiger partial charge on any atom is 0.416 e. The fourth-order valence-electron chi connectivity index (χ4n) is 5.37. The molecule has 5 rings (SSSR count). The largest absolute Gasteiger partial charge is 0.416 e. The van der Waals surface area contributed by atoms with Crippen LogP contribution in [0.3, 0.4) is 0 Å².